The zero-order valence-electron chi connectivity index (χ0n) is 6.91. The van der Waals surface area contributed by atoms with E-state index in [1.807, 2.05) is 12.1 Å². The molecule has 0 saturated heterocycles. The molecule has 0 radical (unpaired) electrons. The van der Waals surface area contributed by atoms with Crippen LogP contribution in [0.1, 0.15) is 6.42 Å². The SMILES string of the molecule is CSc1ccc(OC2=CC2)cc1. The van der Waals surface area contributed by atoms with E-state index in [-0.39, 0.29) is 0 Å². The Morgan fingerprint density at radius 2 is 1.92 bits per heavy atom. The predicted octanol–water partition coefficient (Wildman–Crippen LogP) is 3.07. The summed E-state index contributed by atoms with van der Waals surface area (Å²) in [5.41, 5.74) is 0. The third kappa shape index (κ3) is 1.83. The van der Waals surface area contributed by atoms with Gasteiger partial charge in [0.05, 0.1) is 0 Å². The Morgan fingerprint density at radius 3 is 2.42 bits per heavy atom. The van der Waals surface area contributed by atoms with Gasteiger partial charge in [0.25, 0.3) is 0 Å². The van der Waals surface area contributed by atoms with Gasteiger partial charge in [0, 0.05) is 11.3 Å². The summed E-state index contributed by atoms with van der Waals surface area (Å²) in [4.78, 5) is 1.27. The van der Waals surface area contributed by atoms with E-state index < -0.39 is 0 Å². The lowest BCUT2D eigenvalue weighted by atomic mass is 10.3. The van der Waals surface area contributed by atoms with Crippen LogP contribution in [0, 0.1) is 0 Å². The maximum atomic E-state index is 5.48. The molecule has 0 bridgehead atoms. The fourth-order valence-corrected chi connectivity index (χ4v) is 1.33. The first-order valence-corrected chi connectivity index (χ1v) is 5.12. The number of benzene rings is 1. The summed E-state index contributed by atoms with van der Waals surface area (Å²) in [6.45, 7) is 0. The van der Waals surface area contributed by atoms with Gasteiger partial charge in [-0.15, -0.1) is 11.8 Å². The Hall–Kier alpha value is -0.890. The monoisotopic (exact) mass is 178 g/mol. The molecule has 0 spiro atoms. The summed E-state index contributed by atoms with van der Waals surface area (Å²) >= 11 is 1.74. The topological polar surface area (TPSA) is 9.23 Å². The molecule has 0 unspecified atom stereocenters. The molecule has 2 rings (SSSR count). The number of allylic oxidation sites excluding steroid dienone is 2. The molecular weight excluding hydrogens is 168 g/mol. The molecule has 2 heteroatoms. The second kappa shape index (κ2) is 3.23. The van der Waals surface area contributed by atoms with Crippen LogP contribution in [-0.2, 0) is 0 Å². The van der Waals surface area contributed by atoms with Crippen molar-refractivity contribution in [1.82, 2.24) is 0 Å². The summed E-state index contributed by atoms with van der Waals surface area (Å²) < 4.78 is 5.48. The third-order valence-electron chi connectivity index (χ3n) is 1.68. The van der Waals surface area contributed by atoms with Gasteiger partial charge in [-0.3, -0.25) is 0 Å². The van der Waals surface area contributed by atoms with E-state index in [1.54, 1.807) is 11.8 Å². The normalized spacial score (nSPS) is 13.9. The quantitative estimate of drug-likeness (QED) is 0.658. The van der Waals surface area contributed by atoms with Crippen LogP contribution in [0.15, 0.2) is 41.0 Å². The number of hydrogen-bond donors (Lipinski definition) is 0. The number of hydrogen-bond acceptors (Lipinski definition) is 2. The second-order valence-electron chi connectivity index (χ2n) is 2.65. The summed E-state index contributed by atoms with van der Waals surface area (Å²) in [6.07, 6.45) is 5.16. The molecule has 62 valence electrons. The zero-order valence-corrected chi connectivity index (χ0v) is 7.73. The summed E-state index contributed by atoms with van der Waals surface area (Å²) in [7, 11) is 0. The van der Waals surface area contributed by atoms with Gasteiger partial charge in [0.2, 0.25) is 0 Å². The van der Waals surface area contributed by atoms with E-state index in [0.717, 1.165) is 17.9 Å². The lowest BCUT2D eigenvalue weighted by Gasteiger charge is -2.01. The van der Waals surface area contributed by atoms with Crippen molar-refractivity contribution in [3.8, 4) is 5.75 Å². The van der Waals surface area contributed by atoms with E-state index in [0.29, 0.717) is 0 Å². The molecule has 0 aliphatic heterocycles. The maximum absolute atomic E-state index is 5.48. The lowest BCUT2D eigenvalue weighted by Crippen LogP contribution is -1.83. The van der Waals surface area contributed by atoms with Crippen LogP contribution in [0.2, 0.25) is 0 Å². The molecule has 0 atom stereocenters. The van der Waals surface area contributed by atoms with Gasteiger partial charge < -0.3 is 4.74 Å². The van der Waals surface area contributed by atoms with Crippen LogP contribution in [-0.4, -0.2) is 6.26 Å². The standard InChI is InChI=1S/C10H10OS/c1-12-10-6-4-9(5-7-10)11-8-2-3-8/h2,4-7H,3H2,1H3. The first-order valence-electron chi connectivity index (χ1n) is 3.89. The van der Waals surface area contributed by atoms with Gasteiger partial charge in [-0.1, -0.05) is 0 Å². The van der Waals surface area contributed by atoms with Crippen molar-refractivity contribution in [2.45, 2.75) is 11.3 Å². The zero-order chi connectivity index (χ0) is 8.39. The molecule has 0 N–H and O–H groups in total. The maximum Gasteiger partial charge on any atom is 0.127 e. The Kier molecular flexibility index (Phi) is 2.09. The molecule has 1 aromatic rings. The Bertz CT molecular complexity index is 300. The Balaban J connectivity index is 2.07. The minimum absolute atomic E-state index is 0.941. The molecule has 12 heavy (non-hydrogen) atoms. The first-order chi connectivity index (χ1) is 5.88. The van der Waals surface area contributed by atoms with Crippen LogP contribution in [0.5, 0.6) is 5.75 Å². The second-order valence-corrected chi connectivity index (χ2v) is 3.53. The highest BCUT2D eigenvalue weighted by molar-refractivity contribution is 7.98. The minimum atomic E-state index is 0.941. The molecule has 1 aromatic carbocycles. The van der Waals surface area contributed by atoms with Crippen LogP contribution in [0.3, 0.4) is 0 Å². The van der Waals surface area contributed by atoms with Gasteiger partial charge >= 0.3 is 0 Å². The van der Waals surface area contributed by atoms with Crippen LogP contribution < -0.4 is 4.74 Å². The number of thioether (sulfide) groups is 1. The van der Waals surface area contributed by atoms with Gasteiger partial charge in [-0.2, -0.15) is 0 Å². The average Bonchev–Trinajstić information content (AvgIpc) is 2.90. The van der Waals surface area contributed by atoms with E-state index >= 15 is 0 Å². The van der Waals surface area contributed by atoms with Crippen LogP contribution in [0.4, 0.5) is 0 Å². The molecule has 0 saturated carbocycles. The molecule has 0 aromatic heterocycles. The van der Waals surface area contributed by atoms with Crippen LogP contribution >= 0.6 is 11.8 Å². The smallest absolute Gasteiger partial charge is 0.127 e. The van der Waals surface area contributed by atoms with E-state index in [1.165, 1.54) is 4.90 Å². The molecule has 1 aliphatic rings. The minimum Gasteiger partial charge on any atom is -0.462 e. The fraction of sp³-hybridized carbons (Fsp3) is 0.200. The van der Waals surface area contributed by atoms with Crippen molar-refractivity contribution in [3.63, 3.8) is 0 Å². The lowest BCUT2D eigenvalue weighted by molar-refractivity contribution is 0.447. The van der Waals surface area contributed by atoms with Gasteiger partial charge in [0.1, 0.15) is 11.5 Å². The summed E-state index contributed by atoms with van der Waals surface area (Å²) in [5, 5.41) is 0. The highest BCUT2D eigenvalue weighted by atomic mass is 32.2. The predicted molar refractivity (Wildman–Crippen MR) is 51.6 cm³/mol. The molecule has 0 fully saturated rings. The van der Waals surface area contributed by atoms with E-state index in [4.69, 9.17) is 4.74 Å². The molecular formula is C10H10OS. The van der Waals surface area contributed by atoms with E-state index in [9.17, 15) is 0 Å². The van der Waals surface area contributed by atoms with Crippen molar-refractivity contribution in [3.05, 3.63) is 36.1 Å². The molecule has 1 aliphatic carbocycles. The van der Waals surface area contributed by atoms with Crippen molar-refractivity contribution in [2.24, 2.45) is 0 Å². The van der Waals surface area contributed by atoms with E-state index in [2.05, 4.69) is 24.5 Å². The summed E-state index contributed by atoms with van der Waals surface area (Å²) in [5.74, 6) is 2.03. The largest absolute Gasteiger partial charge is 0.462 e. The number of ether oxygens (including phenoxy) is 1. The van der Waals surface area contributed by atoms with Crippen molar-refractivity contribution in [2.75, 3.05) is 6.26 Å². The van der Waals surface area contributed by atoms with Gasteiger partial charge in [0.15, 0.2) is 0 Å². The fourth-order valence-electron chi connectivity index (χ4n) is 0.920. The van der Waals surface area contributed by atoms with Gasteiger partial charge in [-0.25, -0.2) is 0 Å². The number of rotatable bonds is 3. The van der Waals surface area contributed by atoms with Crippen LogP contribution in [0.25, 0.3) is 0 Å². The summed E-state index contributed by atoms with van der Waals surface area (Å²) in [6, 6.07) is 8.15. The Morgan fingerprint density at radius 1 is 1.25 bits per heavy atom. The molecule has 0 heterocycles. The highest BCUT2D eigenvalue weighted by Gasteiger charge is 2.08. The highest BCUT2D eigenvalue weighted by Crippen LogP contribution is 2.25. The van der Waals surface area contributed by atoms with Crippen molar-refractivity contribution >= 4 is 11.8 Å². The Labute approximate surface area is 76.4 Å². The molecule has 0 amide bonds. The van der Waals surface area contributed by atoms with Crippen molar-refractivity contribution in [1.29, 1.82) is 0 Å². The van der Waals surface area contributed by atoms with Crippen molar-refractivity contribution < 1.29 is 4.74 Å². The third-order valence-corrected chi connectivity index (χ3v) is 2.42. The molecule has 1 nitrogen and oxygen atoms in total. The van der Waals surface area contributed by atoms with Gasteiger partial charge in [-0.05, 0) is 36.6 Å². The first kappa shape index (κ1) is 7.74. The average molecular weight is 178 g/mol.